The van der Waals surface area contributed by atoms with E-state index in [1.165, 1.54) is 19.6 Å². The lowest BCUT2D eigenvalue weighted by molar-refractivity contribution is 0.0698. The summed E-state index contributed by atoms with van der Waals surface area (Å²) < 4.78 is 0.373. The summed E-state index contributed by atoms with van der Waals surface area (Å²) in [5.41, 5.74) is 5.08. The zero-order valence-electron chi connectivity index (χ0n) is 15.4. The van der Waals surface area contributed by atoms with Crippen molar-refractivity contribution in [1.29, 1.82) is 0 Å². The van der Waals surface area contributed by atoms with E-state index in [4.69, 9.17) is 21.1 Å². The lowest BCUT2D eigenvalue weighted by Gasteiger charge is -2.20. The van der Waals surface area contributed by atoms with E-state index in [1.54, 1.807) is 0 Å². The van der Waals surface area contributed by atoms with Crippen LogP contribution in [0.15, 0.2) is 25.6 Å². The Morgan fingerprint density at radius 1 is 0.808 bits per heavy atom. The van der Waals surface area contributed by atoms with Crippen molar-refractivity contribution in [2.24, 2.45) is 5.73 Å². The molecule has 0 saturated heterocycles. The smallest absolute Gasteiger partial charge is 0.0856 e. The number of hydrogen-bond acceptors (Lipinski definition) is 9. The predicted octanol–water partition coefficient (Wildman–Crippen LogP) is 2.71. The molecule has 0 fully saturated rings. The van der Waals surface area contributed by atoms with Crippen molar-refractivity contribution in [3.8, 4) is 0 Å². The maximum Gasteiger partial charge on any atom is 0.0856 e. The summed E-state index contributed by atoms with van der Waals surface area (Å²) in [5.74, 6) is 0. The molecule has 26 heavy (non-hydrogen) atoms. The molecular weight excluding hydrogens is 410 g/mol. The highest BCUT2D eigenvalue weighted by molar-refractivity contribution is 8.21. The minimum absolute atomic E-state index is 0.152. The Hall–Kier alpha value is 0.420. The number of nitrogens with two attached hydrogens (primary N) is 1. The minimum atomic E-state index is -1.21. The first-order chi connectivity index (χ1) is 12.0. The largest absolute Gasteiger partial charge is 0.394 e. The molecule has 0 bridgehead atoms. The molecule has 0 unspecified atom stereocenters. The Bertz CT molecular complexity index is 612. The van der Waals surface area contributed by atoms with Gasteiger partial charge in [-0.15, -0.1) is 47.0 Å². The number of fused-ring (bicyclic) bond motifs is 2. The number of thioether (sulfide) groups is 4. The van der Waals surface area contributed by atoms with Gasteiger partial charge in [-0.05, 0) is 33.8 Å². The quantitative estimate of drug-likeness (QED) is 0.486. The van der Waals surface area contributed by atoms with Crippen molar-refractivity contribution in [3.63, 3.8) is 0 Å². The van der Waals surface area contributed by atoms with E-state index in [-0.39, 0.29) is 14.8 Å². The zero-order chi connectivity index (χ0) is 19.8. The molecule has 0 aliphatic carbocycles. The van der Waals surface area contributed by atoms with E-state index in [2.05, 4.69) is 33.8 Å². The molecule has 0 spiro atoms. The summed E-state index contributed by atoms with van der Waals surface area (Å²) in [6.07, 6.45) is 0. The molecule has 1 aromatic rings. The lowest BCUT2D eigenvalue weighted by Crippen LogP contribution is -2.50. The molecule has 148 valence electrons. The standard InChI is InChI=1S/C13H16OS4.C4H11NO3/c1-12(2)15-8-5-9-11(18-13(3,4)16-9)7(6-14)10(8)17-12;5-4(1-6,2-7)3-8/h5,14H,6H2,1-4H3;6-8H,1-3,5H2. The molecule has 0 atom stereocenters. The third-order valence-electron chi connectivity index (χ3n) is 3.77. The SMILES string of the molecule is CC1(C)Sc2cc3c(c(CO)c2S1)SC(C)(C)S3.NC(CO)(CO)CO. The van der Waals surface area contributed by atoms with E-state index in [9.17, 15) is 5.11 Å². The fraction of sp³-hybridized carbons (Fsp3) is 0.647. The second-order valence-corrected chi connectivity index (χ2v) is 14.3. The Balaban J connectivity index is 0.000000260. The van der Waals surface area contributed by atoms with Crippen LogP contribution in [0.25, 0.3) is 0 Å². The number of aliphatic hydroxyl groups is 4. The van der Waals surface area contributed by atoms with Crippen molar-refractivity contribution >= 4 is 47.0 Å². The van der Waals surface area contributed by atoms with Gasteiger partial charge in [0, 0.05) is 25.1 Å². The van der Waals surface area contributed by atoms with Gasteiger partial charge in [-0.25, -0.2) is 0 Å². The van der Waals surface area contributed by atoms with Gasteiger partial charge in [0.15, 0.2) is 0 Å². The topological polar surface area (TPSA) is 107 Å². The highest BCUT2D eigenvalue weighted by atomic mass is 32.2. The summed E-state index contributed by atoms with van der Waals surface area (Å²) in [7, 11) is 0. The number of hydrogen-bond donors (Lipinski definition) is 5. The van der Waals surface area contributed by atoms with Crippen LogP contribution in [0.2, 0.25) is 0 Å². The maximum absolute atomic E-state index is 9.76. The van der Waals surface area contributed by atoms with E-state index in [0.29, 0.717) is 0 Å². The van der Waals surface area contributed by atoms with Gasteiger partial charge in [0.2, 0.25) is 0 Å². The second-order valence-electron chi connectivity index (χ2n) is 7.21. The van der Waals surface area contributed by atoms with Gasteiger partial charge in [-0.2, -0.15) is 0 Å². The fourth-order valence-electron chi connectivity index (χ4n) is 2.38. The molecule has 6 N–H and O–H groups in total. The average molecular weight is 438 g/mol. The van der Waals surface area contributed by atoms with Gasteiger partial charge < -0.3 is 26.2 Å². The van der Waals surface area contributed by atoms with Gasteiger partial charge in [-0.1, -0.05) is 0 Å². The molecule has 0 saturated carbocycles. The highest BCUT2D eigenvalue weighted by Gasteiger charge is 2.39. The molecule has 0 aromatic heterocycles. The van der Waals surface area contributed by atoms with Crippen LogP contribution in [-0.4, -0.2) is 53.9 Å². The monoisotopic (exact) mass is 437 g/mol. The molecule has 1 aromatic carbocycles. The molecule has 2 aliphatic heterocycles. The number of rotatable bonds is 4. The summed E-state index contributed by atoms with van der Waals surface area (Å²) in [4.78, 5) is 5.30. The molecule has 2 heterocycles. The molecule has 0 radical (unpaired) electrons. The molecule has 2 aliphatic rings. The zero-order valence-corrected chi connectivity index (χ0v) is 18.7. The molecule has 9 heteroatoms. The van der Waals surface area contributed by atoms with Gasteiger partial charge in [0.25, 0.3) is 0 Å². The Morgan fingerprint density at radius 2 is 1.19 bits per heavy atom. The van der Waals surface area contributed by atoms with Crippen molar-refractivity contribution < 1.29 is 20.4 Å². The molecular formula is C17H27NO4S4. The van der Waals surface area contributed by atoms with Crippen LogP contribution in [0.3, 0.4) is 0 Å². The van der Waals surface area contributed by atoms with E-state index in [0.717, 1.165) is 5.56 Å². The molecule has 5 nitrogen and oxygen atoms in total. The van der Waals surface area contributed by atoms with Gasteiger partial charge in [-0.3, -0.25) is 0 Å². The summed E-state index contributed by atoms with van der Waals surface area (Å²) in [5, 5.41) is 34.8. The van der Waals surface area contributed by atoms with Gasteiger partial charge in [0.05, 0.1) is 40.1 Å². The van der Waals surface area contributed by atoms with E-state index in [1.807, 2.05) is 47.0 Å². The van der Waals surface area contributed by atoms with Crippen molar-refractivity contribution in [3.05, 3.63) is 11.6 Å². The van der Waals surface area contributed by atoms with Crippen molar-refractivity contribution in [1.82, 2.24) is 0 Å². The molecule has 3 rings (SSSR count). The third kappa shape index (κ3) is 5.07. The first kappa shape index (κ1) is 22.7. The minimum Gasteiger partial charge on any atom is -0.394 e. The summed E-state index contributed by atoms with van der Waals surface area (Å²) >= 11 is 7.62. The van der Waals surface area contributed by atoms with Crippen LogP contribution in [0.1, 0.15) is 33.3 Å². The lowest BCUT2D eigenvalue weighted by atomic mass is 10.1. The Labute approximate surface area is 171 Å². The van der Waals surface area contributed by atoms with Crippen LogP contribution >= 0.6 is 47.0 Å². The van der Waals surface area contributed by atoms with Crippen LogP contribution in [0, 0.1) is 0 Å². The first-order valence-corrected chi connectivity index (χ1v) is 11.4. The Morgan fingerprint density at radius 3 is 1.46 bits per heavy atom. The predicted molar refractivity (Wildman–Crippen MR) is 112 cm³/mol. The van der Waals surface area contributed by atoms with Crippen molar-refractivity contribution in [2.45, 2.75) is 67.6 Å². The average Bonchev–Trinajstić information content (AvgIpc) is 3.04. The van der Waals surface area contributed by atoms with Crippen LogP contribution in [0.4, 0.5) is 0 Å². The maximum atomic E-state index is 9.76. The van der Waals surface area contributed by atoms with Gasteiger partial charge in [0.1, 0.15) is 0 Å². The van der Waals surface area contributed by atoms with Crippen molar-refractivity contribution in [2.75, 3.05) is 19.8 Å². The summed E-state index contributed by atoms with van der Waals surface area (Å²) in [6.45, 7) is 7.94. The van der Waals surface area contributed by atoms with Crippen LogP contribution in [-0.2, 0) is 6.61 Å². The second kappa shape index (κ2) is 8.42. The Kier molecular flexibility index (Phi) is 7.36. The van der Waals surface area contributed by atoms with E-state index >= 15 is 0 Å². The van der Waals surface area contributed by atoms with Gasteiger partial charge >= 0.3 is 0 Å². The van der Waals surface area contributed by atoms with Crippen LogP contribution < -0.4 is 5.73 Å². The number of benzene rings is 1. The van der Waals surface area contributed by atoms with Crippen LogP contribution in [0.5, 0.6) is 0 Å². The van der Waals surface area contributed by atoms with E-state index < -0.39 is 25.4 Å². The highest BCUT2D eigenvalue weighted by Crippen LogP contribution is 2.63. The normalized spacial score (nSPS) is 19.6. The summed E-state index contributed by atoms with van der Waals surface area (Å²) in [6, 6.07) is 2.32. The molecule has 0 amide bonds. The first-order valence-electron chi connectivity index (χ1n) is 8.18. The fourth-order valence-corrected chi connectivity index (χ4v) is 8.12. The third-order valence-corrected chi connectivity index (χ3v) is 9.42. The number of aliphatic hydroxyl groups excluding tert-OH is 4.